The van der Waals surface area contributed by atoms with E-state index in [4.69, 9.17) is 20.6 Å². The molecule has 0 atom stereocenters. The maximum absolute atomic E-state index is 11.4. The summed E-state index contributed by atoms with van der Waals surface area (Å²) in [7, 11) is 0. The van der Waals surface area contributed by atoms with Crippen LogP contribution in [0.25, 0.3) is 0 Å². The number of rotatable bonds is 10. The van der Waals surface area contributed by atoms with E-state index in [0.29, 0.717) is 26.1 Å². The average Bonchev–Trinajstić information content (AvgIpc) is 2.46. The topological polar surface area (TPSA) is 89.3 Å². The molecule has 0 aromatic carbocycles. The number of carbonyl (C=O) groups excluding carboxylic acids is 1. The molecule has 0 fully saturated rings. The lowest BCUT2D eigenvalue weighted by Gasteiger charge is -2.06. The SMILES string of the molecule is CCC[n+]1ccc(OCCC(=O)OCCCC(=N)N)cc1. The first kappa shape index (κ1) is 16.9. The van der Waals surface area contributed by atoms with Crippen molar-refractivity contribution in [1.29, 1.82) is 5.41 Å². The molecular formula is C15H24N3O3+. The molecule has 0 saturated carbocycles. The molecule has 0 saturated heterocycles. The van der Waals surface area contributed by atoms with Crippen molar-refractivity contribution < 1.29 is 18.8 Å². The minimum absolute atomic E-state index is 0.110. The molecular weight excluding hydrogens is 270 g/mol. The fraction of sp³-hybridized carbons (Fsp3) is 0.533. The predicted octanol–water partition coefficient (Wildman–Crippen LogP) is 1.41. The molecule has 6 nitrogen and oxygen atoms in total. The Morgan fingerprint density at radius 3 is 2.62 bits per heavy atom. The molecule has 1 aromatic heterocycles. The van der Waals surface area contributed by atoms with Gasteiger partial charge in [-0.25, -0.2) is 4.57 Å². The van der Waals surface area contributed by atoms with Gasteiger partial charge in [-0.3, -0.25) is 10.2 Å². The normalized spacial score (nSPS) is 10.1. The first-order valence-corrected chi connectivity index (χ1v) is 7.22. The van der Waals surface area contributed by atoms with E-state index in [1.807, 2.05) is 24.5 Å². The van der Waals surface area contributed by atoms with Gasteiger partial charge in [-0.2, -0.15) is 0 Å². The molecule has 0 unspecified atom stereocenters. The van der Waals surface area contributed by atoms with Crippen LogP contribution in [0.1, 0.15) is 32.6 Å². The summed E-state index contributed by atoms with van der Waals surface area (Å²) in [6.45, 7) is 3.69. The van der Waals surface area contributed by atoms with Crippen molar-refractivity contribution in [3.8, 4) is 5.75 Å². The van der Waals surface area contributed by atoms with Gasteiger partial charge < -0.3 is 15.2 Å². The molecule has 21 heavy (non-hydrogen) atoms. The Morgan fingerprint density at radius 2 is 2.00 bits per heavy atom. The Labute approximate surface area is 125 Å². The van der Waals surface area contributed by atoms with Crippen molar-refractivity contribution in [3.63, 3.8) is 0 Å². The van der Waals surface area contributed by atoms with Gasteiger partial charge in [0.25, 0.3) is 0 Å². The zero-order valence-electron chi connectivity index (χ0n) is 12.5. The van der Waals surface area contributed by atoms with Gasteiger partial charge in [0.05, 0.1) is 25.5 Å². The number of nitrogens with zero attached hydrogens (tertiary/aromatic N) is 1. The number of ether oxygens (including phenoxy) is 2. The second kappa shape index (κ2) is 9.74. The van der Waals surface area contributed by atoms with Gasteiger partial charge in [0.2, 0.25) is 0 Å². The summed E-state index contributed by atoms with van der Waals surface area (Å²) in [5.74, 6) is 0.557. The van der Waals surface area contributed by atoms with Gasteiger partial charge in [0.1, 0.15) is 12.3 Å². The van der Waals surface area contributed by atoms with Gasteiger partial charge in [-0.05, 0) is 6.42 Å². The highest BCUT2D eigenvalue weighted by Crippen LogP contribution is 2.06. The van der Waals surface area contributed by atoms with Crippen LogP contribution in [0.2, 0.25) is 0 Å². The maximum Gasteiger partial charge on any atom is 0.309 e. The zero-order valence-corrected chi connectivity index (χ0v) is 12.5. The second-order valence-corrected chi connectivity index (χ2v) is 4.72. The summed E-state index contributed by atoms with van der Waals surface area (Å²) in [4.78, 5) is 11.4. The molecule has 116 valence electrons. The summed E-state index contributed by atoms with van der Waals surface area (Å²) in [5.41, 5.74) is 5.20. The van der Waals surface area contributed by atoms with Crippen molar-refractivity contribution in [1.82, 2.24) is 0 Å². The summed E-state index contributed by atoms with van der Waals surface area (Å²) < 4.78 is 12.6. The number of hydrogen-bond donors (Lipinski definition) is 2. The van der Waals surface area contributed by atoms with Crippen LogP contribution < -0.4 is 15.0 Å². The number of nitrogens with two attached hydrogens (primary N) is 1. The van der Waals surface area contributed by atoms with Crippen molar-refractivity contribution in [2.45, 2.75) is 39.2 Å². The van der Waals surface area contributed by atoms with Crippen LogP contribution in [0.3, 0.4) is 0 Å². The maximum atomic E-state index is 11.4. The summed E-state index contributed by atoms with van der Waals surface area (Å²) in [5, 5.41) is 7.04. The number of hydrogen-bond acceptors (Lipinski definition) is 4. The van der Waals surface area contributed by atoms with Crippen LogP contribution in [0.4, 0.5) is 0 Å². The van der Waals surface area contributed by atoms with E-state index in [1.165, 1.54) is 0 Å². The second-order valence-electron chi connectivity index (χ2n) is 4.72. The van der Waals surface area contributed by atoms with Gasteiger partial charge in [0, 0.05) is 25.0 Å². The standard InChI is InChI=1S/C15H24N3O3/c1-2-8-18-9-5-13(6-10-18)20-12-7-15(19)21-11-3-4-14(16)17/h5-6,9-10H,2-4,7-8,11-12H2,1H3,(H3,16,17)/q+1. The van der Waals surface area contributed by atoms with E-state index in [0.717, 1.165) is 18.7 Å². The fourth-order valence-corrected chi connectivity index (χ4v) is 1.72. The summed E-state index contributed by atoms with van der Waals surface area (Å²) >= 11 is 0. The van der Waals surface area contributed by atoms with E-state index in [1.54, 1.807) is 0 Å². The number of pyridine rings is 1. The number of aryl methyl sites for hydroxylation is 1. The van der Waals surface area contributed by atoms with E-state index in [2.05, 4.69) is 11.5 Å². The molecule has 0 radical (unpaired) electrons. The van der Waals surface area contributed by atoms with Crippen molar-refractivity contribution in [2.75, 3.05) is 13.2 Å². The van der Waals surface area contributed by atoms with Crippen molar-refractivity contribution in [3.05, 3.63) is 24.5 Å². The lowest BCUT2D eigenvalue weighted by Crippen LogP contribution is -2.31. The third-order valence-electron chi connectivity index (χ3n) is 2.77. The molecule has 0 aliphatic carbocycles. The third kappa shape index (κ3) is 7.91. The minimum atomic E-state index is -0.296. The molecule has 0 spiro atoms. The highest BCUT2D eigenvalue weighted by Gasteiger charge is 2.05. The number of carbonyl (C=O) groups is 1. The predicted molar refractivity (Wildman–Crippen MR) is 79.1 cm³/mol. The van der Waals surface area contributed by atoms with Crippen LogP contribution in [0.15, 0.2) is 24.5 Å². The van der Waals surface area contributed by atoms with E-state index >= 15 is 0 Å². The van der Waals surface area contributed by atoms with Gasteiger partial charge in [-0.15, -0.1) is 0 Å². The smallest absolute Gasteiger partial charge is 0.309 e. The summed E-state index contributed by atoms with van der Waals surface area (Å²) in [6, 6.07) is 3.77. The van der Waals surface area contributed by atoms with Crippen LogP contribution in [-0.4, -0.2) is 25.0 Å². The van der Waals surface area contributed by atoms with Crippen LogP contribution in [-0.2, 0) is 16.1 Å². The molecule has 1 rings (SSSR count). The quantitative estimate of drug-likeness (QED) is 0.224. The third-order valence-corrected chi connectivity index (χ3v) is 2.77. The Morgan fingerprint density at radius 1 is 1.29 bits per heavy atom. The van der Waals surface area contributed by atoms with E-state index < -0.39 is 0 Å². The van der Waals surface area contributed by atoms with Gasteiger partial charge >= 0.3 is 5.97 Å². The molecule has 3 N–H and O–H groups in total. The lowest BCUT2D eigenvalue weighted by molar-refractivity contribution is -0.697. The van der Waals surface area contributed by atoms with Crippen molar-refractivity contribution in [2.24, 2.45) is 5.73 Å². The van der Waals surface area contributed by atoms with Crippen LogP contribution >= 0.6 is 0 Å². The molecule has 0 amide bonds. The highest BCUT2D eigenvalue weighted by molar-refractivity contribution is 5.76. The monoisotopic (exact) mass is 294 g/mol. The largest absolute Gasteiger partial charge is 0.493 e. The summed E-state index contributed by atoms with van der Waals surface area (Å²) in [6.07, 6.45) is 6.24. The van der Waals surface area contributed by atoms with E-state index in [9.17, 15) is 4.79 Å². The Hall–Kier alpha value is -2.11. The molecule has 1 heterocycles. The van der Waals surface area contributed by atoms with Crippen LogP contribution in [0, 0.1) is 5.41 Å². The van der Waals surface area contributed by atoms with Gasteiger partial charge in [-0.1, -0.05) is 6.92 Å². The number of nitrogens with one attached hydrogen (secondary N) is 1. The number of amidine groups is 1. The lowest BCUT2D eigenvalue weighted by atomic mass is 10.3. The highest BCUT2D eigenvalue weighted by atomic mass is 16.5. The number of esters is 1. The zero-order chi connectivity index (χ0) is 15.5. The molecule has 0 bridgehead atoms. The van der Waals surface area contributed by atoms with E-state index in [-0.39, 0.29) is 18.2 Å². The number of aromatic nitrogens is 1. The van der Waals surface area contributed by atoms with Crippen LogP contribution in [0.5, 0.6) is 5.75 Å². The Kier molecular flexibility index (Phi) is 7.86. The molecule has 6 heteroatoms. The Bertz CT molecular complexity index is 446. The molecule has 0 aliphatic rings. The minimum Gasteiger partial charge on any atom is -0.493 e. The first-order valence-electron chi connectivity index (χ1n) is 7.22. The fourth-order valence-electron chi connectivity index (χ4n) is 1.72. The first-order chi connectivity index (χ1) is 10.1. The van der Waals surface area contributed by atoms with Crippen molar-refractivity contribution >= 4 is 11.8 Å². The Balaban J connectivity index is 2.14. The molecule has 1 aromatic rings. The average molecular weight is 294 g/mol. The molecule has 0 aliphatic heterocycles. The van der Waals surface area contributed by atoms with Gasteiger partial charge in [0.15, 0.2) is 12.4 Å².